The van der Waals surface area contributed by atoms with Crippen LogP contribution in [-0.4, -0.2) is 41.2 Å². The molecule has 1 aliphatic rings. The highest BCUT2D eigenvalue weighted by Crippen LogP contribution is 2.35. The van der Waals surface area contributed by atoms with Gasteiger partial charge in [-0.3, -0.25) is 9.59 Å². The lowest BCUT2D eigenvalue weighted by Crippen LogP contribution is -2.46. The Bertz CT molecular complexity index is 1160. The molecular formula is C25H25N3O4S2. The van der Waals surface area contributed by atoms with Crippen LogP contribution >= 0.6 is 22.7 Å². The van der Waals surface area contributed by atoms with E-state index in [0.29, 0.717) is 12.0 Å². The molecule has 0 saturated heterocycles. The van der Waals surface area contributed by atoms with Gasteiger partial charge >= 0.3 is 5.97 Å². The first-order valence-electron chi connectivity index (χ1n) is 10.9. The van der Waals surface area contributed by atoms with Crippen LogP contribution in [0.15, 0.2) is 70.5 Å². The molecule has 1 N–H and O–H groups in total. The lowest BCUT2D eigenvalue weighted by Gasteiger charge is -2.23. The summed E-state index contributed by atoms with van der Waals surface area (Å²) in [5, 5.41) is 12.6. The van der Waals surface area contributed by atoms with Crippen molar-refractivity contribution in [2.24, 2.45) is 11.0 Å². The highest BCUT2D eigenvalue weighted by Gasteiger charge is 2.35. The van der Waals surface area contributed by atoms with Gasteiger partial charge in [-0.1, -0.05) is 44.2 Å². The maximum absolute atomic E-state index is 13.1. The number of thiophene rings is 2. The summed E-state index contributed by atoms with van der Waals surface area (Å²) in [6.07, 6.45) is 0.600. The minimum Gasteiger partial charge on any atom is -0.454 e. The molecular weight excluding hydrogens is 470 g/mol. The van der Waals surface area contributed by atoms with E-state index in [0.717, 1.165) is 15.5 Å². The van der Waals surface area contributed by atoms with Gasteiger partial charge in [0, 0.05) is 16.9 Å². The molecule has 0 saturated carbocycles. The van der Waals surface area contributed by atoms with Crippen molar-refractivity contribution in [3.05, 3.63) is 80.7 Å². The number of hydrogen-bond acceptors (Lipinski definition) is 7. The van der Waals surface area contributed by atoms with Gasteiger partial charge in [0.05, 0.1) is 16.6 Å². The van der Waals surface area contributed by atoms with Crippen LogP contribution in [0.2, 0.25) is 0 Å². The molecule has 3 heterocycles. The van der Waals surface area contributed by atoms with Crippen LogP contribution in [0.25, 0.3) is 0 Å². The number of hydrazone groups is 1. The summed E-state index contributed by atoms with van der Waals surface area (Å²) in [5.41, 5.74) is 1.28. The Morgan fingerprint density at radius 1 is 1.06 bits per heavy atom. The SMILES string of the molecule is CC(C)[C@H](NC(=O)c1ccccc1)C(=O)OCC(=O)N1N=C(c2cccs2)CC1c1cccs1. The monoisotopic (exact) mass is 495 g/mol. The maximum Gasteiger partial charge on any atom is 0.329 e. The third kappa shape index (κ3) is 5.43. The highest BCUT2D eigenvalue weighted by atomic mass is 32.1. The fourth-order valence-electron chi connectivity index (χ4n) is 3.64. The van der Waals surface area contributed by atoms with Gasteiger partial charge in [0.1, 0.15) is 6.04 Å². The van der Waals surface area contributed by atoms with Crippen molar-refractivity contribution in [1.82, 2.24) is 10.3 Å². The van der Waals surface area contributed by atoms with Crippen molar-refractivity contribution in [3.8, 4) is 0 Å². The predicted molar refractivity (Wildman–Crippen MR) is 133 cm³/mol. The number of ether oxygens (including phenoxy) is 1. The quantitative estimate of drug-likeness (QED) is 0.467. The average molecular weight is 496 g/mol. The summed E-state index contributed by atoms with van der Waals surface area (Å²) < 4.78 is 5.36. The Kier molecular flexibility index (Phi) is 7.54. The van der Waals surface area contributed by atoms with Gasteiger partial charge < -0.3 is 10.1 Å². The van der Waals surface area contributed by atoms with Crippen molar-refractivity contribution in [2.75, 3.05) is 6.61 Å². The molecule has 0 radical (unpaired) electrons. The molecule has 1 unspecified atom stereocenters. The second-order valence-corrected chi connectivity index (χ2v) is 10.1. The Hall–Kier alpha value is -3.30. The number of benzene rings is 1. The number of nitrogens with one attached hydrogen (secondary N) is 1. The van der Waals surface area contributed by atoms with E-state index in [1.54, 1.807) is 46.9 Å². The number of hydrogen-bond donors (Lipinski definition) is 1. The number of amides is 2. The standard InChI is InChI=1S/C25H25N3O4S2/c1-16(2)23(26-24(30)17-8-4-3-5-9-17)25(31)32-15-22(29)28-19(21-11-7-13-34-21)14-18(27-28)20-10-6-12-33-20/h3-13,16,19,23H,14-15H2,1-2H3,(H,26,30)/t19?,23-/m0/s1. The summed E-state index contributed by atoms with van der Waals surface area (Å²) in [6.45, 7) is 3.17. The van der Waals surface area contributed by atoms with Crippen LogP contribution in [0.5, 0.6) is 0 Å². The second kappa shape index (κ2) is 10.8. The van der Waals surface area contributed by atoms with Gasteiger partial charge in [-0.05, 0) is 40.9 Å². The first-order chi connectivity index (χ1) is 16.4. The lowest BCUT2D eigenvalue weighted by molar-refractivity contribution is -0.155. The minimum absolute atomic E-state index is 0.218. The smallest absolute Gasteiger partial charge is 0.329 e. The number of rotatable bonds is 8. The van der Waals surface area contributed by atoms with Crippen molar-refractivity contribution in [3.63, 3.8) is 0 Å². The van der Waals surface area contributed by atoms with Crippen molar-refractivity contribution in [2.45, 2.75) is 32.4 Å². The van der Waals surface area contributed by atoms with Gasteiger partial charge in [-0.15, -0.1) is 22.7 Å². The van der Waals surface area contributed by atoms with E-state index in [9.17, 15) is 14.4 Å². The molecule has 9 heteroatoms. The zero-order valence-electron chi connectivity index (χ0n) is 18.8. The van der Waals surface area contributed by atoms with Gasteiger partial charge in [-0.25, -0.2) is 9.80 Å². The van der Waals surface area contributed by atoms with E-state index in [-0.39, 0.29) is 17.9 Å². The third-order valence-electron chi connectivity index (χ3n) is 5.42. The van der Waals surface area contributed by atoms with E-state index in [2.05, 4.69) is 10.4 Å². The first kappa shape index (κ1) is 23.8. The minimum atomic E-state index is -0.877. The molecule has 2 atom stereocenters. The zero-order valence-corrected chi connectivity index (χ0v) is 20.5. The second-order valence-electron chi connectivity index (χ2n) is 8.17. The Morgan fingerprint density at radius 2 is 1.79 bits per heavy atom. The number of carbonyl (C=O) groups is 3. The molecule has 0 aliphatic carbocycles. The number of carbonyl (C=O) groups excluding carboxylic acids is 3. The maximum atomic E-state index is 13.1. The fraction of sp³-hybridized carbons (Fsp3) is 0.280. The molecule has 7 nitrogen and oxygen atoms in total. The summed E-state index contributed by atoms with van der Waals surface area (Å²) in [5.74, 6) is -1.65. The van der Waals surface area contributed by atoms with Crippen molar-refractivity contribution in [1.29, 1.82) is 0 Å². The van der Waals surface area contributed by atoms with Gasteiger partial charge in [-0.2, -0.15) is 5.10 Å². The van der Waals surface area contributed by atoms with Crippen LogP contribution < -0.4 is 5.32 Å². The lowest BCUT2D eigenvalue weighted by atomic mass is 10.0. The molecule has 2 amide bonds. The molecule has 1 aliphatic heterocycles. The van der Waals surface area contributed by atoms with Crippen LogP contribution in [0, 0.1) is 5.92 Å². The summed E-state index contributed by atoms with van der Waals surface area (Å²) in [4.78, 5) is 40.4. The summed E-state index contributed by atoms with van der Waals surface area (Å²) >= 11 is 3.13. The van der Waals surface area contributed by atoms with E-state index in [4.69, 9.17) is 4.74 Å². The van der Waals surface area contributed by atoms with E-state index < -0.39 is 24.5 Å². The fourth-order valence-corrected chi connectivity index (χ4v) is 5.17. The summed E-state index contributed by atoms with van der Waals surface area (Å²) in [7, 11) is 0. The van der Waals surface area contributed by atoms with E-state index >= 15 is 0 Å². The van der Waals surface area contributed by atoms with Crippen molar-refractivity contribution < 1.29 is 19.1 Å². The Labute approximate surface area is 206 Å². The predicted octanol–water partition coefficient (Wildman–Crippen LogP) is 4.49. The van der Waals surface area contributed by atoms with E-state index in [1.807, 2.05) is 54.9 Å². The molecule has 1 aromatic carbocycles. The molecule has 0 fully saturated rings. The first-order valence-corrected chi connectivity index (χ1v) is 12.7. The van der Waals surface area contributed by atoms with E-state index in [1.165, 1.54) is 5.01 Å². The van der Waals surface area contributed by atoms with Gasteiger partial charge in [0.15, 0.2) is 6.61 Å². The largest absolute Gasteiger partial charge is 0.454 e. The average Bonchev–Trinajstić information content (AvgIpc) is 3.61. The van der Waals surface area contributed by atoms with Crippen molar-refractivity contribution >= 4 is 46.2 Å². The molecule has 4 rings (SSSR count). The van der Waals surface area contributed by atoms with Crippen LogP contribution in [0.4, 0.5) is 0 Å². The van der Waals surface area contributed by atoms with Crippen LogP contribution in [-0.2, 0) is 14.3 Å². The molecule has 0 spiro atoms. The number of esters is 1. The van der Waals surface area contributed by atoms with Gasteiger partial charge in [0.25, 0.3) is 11.8 Å². The topological polar surface area (TPSA) is 88.1 Å². The third-order valence-corrected chi connectivity index (χ3v) is 7.32. The Balaban J connectivity index is 1.43. The molecule has 3 aromatic rings. The van der Waals surface area contributed by atoms with Crippen LogP contribution in [0.3, 0.4) is 0 Å². The van der Waals surface area contributed by atoms with Gasteiger partial charge in [0.2, 0.25) is 0 Å². The Morgan fingerprint density at radius 3 is 2.44 bits per heavy atom. The zero-order chi connectivity index (χ0) is 24.1. The normalized spacial score (nSPS) is 16.3. The molecule has 0 bridgehead atoms. The number of nitrogens with zero attached hydrogens (tertiary/aromatic N) is 2. The molecule has 176 valence electrons. The molecule has 2 aromatic heterocycles. The molecule has 34 heavy (non-hydrogen) atoms. The highest BCUT2D eigenvalue weighted by molar-refractivity contribution is 7.12. The summed E-state index contributed by atoms with van der Waals surface area (Å²) in [6, 6.07) is 15.4. The van der Waals surface area contributed by atoms with Crippen LogP contribution in [0.1, 0.15) is 46.4 Å².